The van der Waals surface area contributed by atoms with Crippen LogP contribution in [0.4, 0.5) is 8.78 Å². The van der Waals surface area contributed by atoms with Gasteiger partial charge in [-0.15, -0.1) is 0 Å². The van der Waals surface area contributed by atoms with Crippen LogP contribution in [0.5, 0.6) is 0 Å². The van der Waals surface area contributed by atoms with E-state index >= 15 is 8.78 Å². The van der Waals surface area contributed by atoms with Crippen LogP contribution in [0.25, 0.3) is 0 Å². The molecule has 7 rings (SSSR count). The van der Waals surface area contributed by atoms with Crippen LogP contribution >= 0.6 is 0 Å². The Morgan fingerprint density at radius 3 is 2.41 bits per heavy atom. The summed E-state index contributed by atoms with van der Waals surface area (Å²) in [6.07, 6.45) is 2.66. The zero-order valence-electron chi connectivity index (χ0n) is 25.7. The molecule has 3 atom stereocenters. The van der Waals surface area contributed by atoms with Gasteiger partial charge in [0.2, 0.25) is 11.8 Å². The van der Waals surface area contributed by atoms with Crippen LogP contribution < -0.4 is 5.32 Å². The van der Waals surface area contributed by atoms with Crippen molar-refractivity contribution in [1.82, 2.24) is 29.9 Å². The molecule has 1 aromatic heterocycles. The van der Waals surface area contributed by atoms with Gasteiger partial charge in [-0.05, 0) is 47.7 Å². The lowest BCUT2D eigenvalue weighted by atomic mass is 9.96. The van der Waals surface area contributed by atoms with Crippen LogP contribution in [0, 0.1) is 0 Å². The fourth-order valence-corrected chi connectivity index (χ4v) is 7.59. The van der Waals surface area contributed by atoms with E-state index in [4.69, 9.17) is 0 Å². The molecule has 3 amide bonds. The third-order valence-corrected chi connectivity index (χ3v) is 9.88. The van der Waals surface area contributed by atoms with Gasteiger partial charge in [0.05, 0.1) is 24.3 Å². The van der Waals surface area contributed by atoms with E-state index in [0.29, 0.717) is 64.2 Å². The molecule has 0 radical (unpaired) electrons. The maximum absolute atomic E-state index is 15.8. The lowest BCUT2D eigenvalue weighted by Gasteiger charge is -2.47. The number of benzene rings is 2. The van der Waals surface area contributed by atoms with Crippen molar-refractivity contribution in [3.8, 4) is 0 Å². The summed E-state index contributed by atoms with van der Waals surface area (Å²) in [7, 11) is 0. The van der Waals surface area contributed by atoms with E-state index in [9.17, 15) is 14.4 Å². The number of rotatable bonds is 7. The van der Waals surface area contributed by atoms with Gasteiger partial charge in [-0.2, -0.15) is 0 Å². The third kappa shape index (κ3) is 6.06. The Morgan fingerprint density at radius 1 is 0.913 bits per heavy atom. The van der Waals surface area contributed by atoms with Crippen LogP contribution in [0.1, 0.15) is 58.0 Å². The molecule has 3 fully saturated rings. The Bertz CT molecular complexity index is 1560. The summed E-state index contributed by atoms with van der Waals surface area (Å²) in [5, 5.41) is 2.32. The minimum atomic E-state index is -2.88. The van der Waals surface area contributed by atoms with Crippen LogP contribution in [0.3, 0.4) is 0 Å². The second kappa shape index (κ2) is 12.6. The van der Waals surface area contributed by atoms with E-state index in [0.717, 1.165) is 22.4 Å². The predicted octanol–water partition coefficient (Wildman–Crippen LogP) is 3.46. The first-order chi connectivity index (χ1) is 22.3. The molecule has 0 spiro atoms. The fraction of sp³-hybridized carbons (Fsp3) is 0.429. The molecule has 3 saturated heterocycles. The zero-order valence-corrected chi connectivity index (χ0v) is 25.7. The minimum Gasteiger partial charge on any atom is -0.322 e. The molecular formula is C35H38F2N6O3. The Hall–Kier alpha value is -4.06. The van der Waals surface area contributed by atoms with Gasteiger partial charge in [0, 0.05) is 64.0 Å². The van der Waals surface area contributed by atoms with Crippen molar-refractivity contribution in [1.29, 1.82) is 0 Å². The lowest BCUT2D eigenvalue weighted by molar-refractivity contribution is -0.137. The molecule has 0 aliphatic carbocycles. The number of pyridine rings is 1. The van der Waals surface area contributed by atoms with E-state index in [2.05, 4.69) is 27.3 Å². The number of piperidine rings is 2. The number of aromatic nitrogens is 1. The average Bonchev–Trinajstić information content (AvgIpc) is 3.37. The van der Waals surface area contributed by atoms with Gasteiger partial charge in [0.1, 0.15) is 6.04 Å². The zero-order chi connectivity index (χ0) is 31.8. The van der Waals surface area contributed by atoms with Crippen molar-refractivity contribution in [3.05, 3.63) is 101 Å². The van der Waals surface area contributed by atoms with Crippen molar-refractivity contribution in [2.24, 2.45) is 0 Å². The largest absolute Gasteiger partial charge is 0.322 e. The number of hydrogen-bond donors (Lipinski definition) is 1. The summed E-state index contributed by atoms with van der Waals surface area (Å²) in [5.41, 5.74) is 4.20. The number of nitrogens with zero attached hydrogens (tertiary/aromatic N) is 5. The lowest BCUT2D eigenvalue weighted by Crippen LogP contribution is -2.61. The van der Waals surface area contributed by atoms with E-state index in [-0.39, 0.29) is 30.8 Å². The van der Waals surface area contributed by atoms with E-state index in [1.54, 1.807) is 17.2 Å². The van der Waals surface area contributed by atoms with Crippen molar-refractivity contribution >= 4 is 17.7 Å². The van der Waals surface area contributed by atoms with Crippen LogP contribution in [0.2, 0.25) is 0 Å². The number of carbonyl (C=O) groups is 3. The molecule has 46 heavy (non-hydrogen) atoms. The molecule has 5 heterocycles. The Morgan fingerprint density at radius 2 is 1.70 bits per heavy atom. The van der Waals surface area contributed by atoms with Crippen molar-refractivity contribution in [2.45, 2.75) is 56.4 Å². The number of imide groups is 1. The predicted molar refractivity (Wildman–Crippen MR) is 167 cm³/mol. The van der Waals surface area contributed by atoms with Crippen molar-refractivity contribution < 1.29 is 23.2 Å². The van der Waals surface area contributed by atoms with Gasteiger partial charge in [-0.3, -0.25) is 39.4 Å². The first-order valence-electron chi connectivity index (χ1n) is 16.1. The highest BCUT2D eigenvalue weighted by molar-refractivity contribution is 6.05. The number of nitrogens with one attached hydrogen (secondary N) is 1. The number of piperazine rings is 1. The molecule has 3 aromatic rings. The Kier molecular flexibility index (Phi) is 8.39. The number of hydrogen-bond acceptors (Lipinski definition) is 7. The number of amides is 3. The molecule has 2 aromatic carbocycles. The summed E-state index contributed by atoms with van der Waals surface area (Å²) in [4.78, 5) is 49.4. The van der Waals surface area contributed by atoms with Gasteiger partial charge in [-0.1, -0.05) is 48.5 Å². The van der Waals surface area contributed by atoms with Crippen LogP contribution in [0.15, 0.2) is 72.9 Å². The Labute approximate surface area is 267 Å². The van der Waals surface area contributed by atoms with Gasteiger partial charge in [0.25, 0.3) is 11.8 Å². The van der Waals surface area contributed by atoms with Crippen molar-refractivity contribution in [2.75, 3.05) is 39.3 Å². The van der Waals surface area contributed by atoms with Gasteiger partial charge in [0.15, 0.2) is 0 Å². The summed E-state index contributed by atoms with van der Waals surface area (Å²) in [6, 6.07) is 20.1. The van der Waals surface area contributed by atoms with Crippen LogP contribution in [-0.2, 0) is 22.7 Å². The molecule has 3 unspecified atom stereocenters. The first-order valence-corrected chi connectivity index (χ1v) is 16.1. The molecular weight excluding hydrogens is 590 g/mol. The molecule has 4 aliphatic rings. The second-order valence-electron chi connectivity index (χ2n) is 12.8. The third-order valence-electron chi connectivity index (χ3n) is 9.88. The van der Waals surface area contributed by atoms with E-state index in [1.807, 2.05) is 53.4 Å². The smallest absolute Gasteiger partial charge is 0.275 e. The molecule has 240 valence electrons. The number of likely N-dealkylation sites (tertiary alicyclic amines) is 1. The van der Waals surface area contributed by atoms with Crippen molar-refractivity contribution in [3.63, 3.8) is 0 Å². The fourth-order valence-electron chi connectivity index (χ4n) is 7.59. The number of alkyl halides is 2. The number of fused-ring (bicyclic) bond motifs is 1. The first kappa shape index (κ1) is 30.6. The quantitative estimate of drug-likeness (QED) is 0.401. The normalized spacial score (nSPS) is 24.9. The SMILES string of the molecule is O=C1CCC(N2Cc3ccc(CN4CCC(N5CCN(C(c6ccccc6)c6ccccn6)CC5)C(F)(F)C4)cc3C2=O)C(=O)N1. The molecule has 4 aliphatic heterocycles. The van der Waals surface area contributed by atoms with E-state index < -0.39 is 23.9 Å². The second-order valence-corrected chi connectivity index (χ2v) is 12.8. The number of halogens is 2. The highest BCUT2D eigenvalue weighted by Gasteiger charge is 2.48. The molecule has 9 nitrogen and oxygen atoms in total. The molecule has 0 bridgehead atoms. The van der Waals surface area contributed by atoms with Crippen LogP contribution in [-0.4, -0.2) is 99.6 Å². The standard InChI is InChI=1S/C35H38F2N6O3/c36-35(37)23-40(21-24-9-10-26-22-43(34(46)27(26)20-24)29-11-12-31(44)39-33(29)45)15-13-30(35)41-16-18-42(19-17-41)32(25-6-2-1-3-7-25)28-8-4-5-14-38-28/h1-10,14,20,29-30,32H,11-13,15-19,21-23H2,(H,39,44,45). The van der Waals surface area contributed by atoms with Gasteiger partial charge < -0.3 is 4.90 Å². The average molecular weight is 629 g/mol. The van der Waals surface area contributed by atoms with Gasteiger partial charge >= 0.3 is 0 Å². The minimum absolute atomic E-state index is 0.0257. The maximum Gasteiger partial charge on any atom is 0.275 e. The molecule has 1 N–H and O–H groups in total. The Balaban J connectivity index is 0.968. The summed E-state index contributed by atoms with van der Waals surface area (Å²) < 4.78 is 31.5. The highest BCUT2D eigenvalue weighted by atomic mass is 19.3. The van der Waals surface area contributed by atoms with Gasteiger partial charge in [-0.25, -0.2) is 8.78 Å². The molecule has 11 heteroatoms. The topological polar surface area (TPSA) is 89.1 Å². The summed E-state index contributed by atoms with van der Waals surface area (Å²) >= 11 is 0. The maximum atomic E-state index is 15.8. The highest BCUT2D eigenvalue weighted by Crippen LogP contribution is 2.35. The number of carbonyl (C=O) groups excluding carboxylic acids is 3. The summed E-state index contributed by atoms with van der Waals surface area (Å²) in [6.45, 7) is 3.28. The van der Waals surface area contributed by atoms with E-state index in [1.165, 1.54) is 4.90 Å². The monoisotopic (exact) mass is 628 g/mol. The molecule has 0 saturated carbocycles. The summed E-state index contributed by atoms with van der Waals surface area (Å²) in [5.74, 6) is -3.91.